The lowest BCUT2D eigenvalue weighted by atomic mass is 10.1. The maximum atomic E-state index is 13.4. The van der Waals surface area contributed by atoms with E-state index in [0.29, 0.717) is 11.3 Å². The number of rotatable bonds is 5. The summed E-state index contributed by atoms with van der Waals surface area (Å²) in [6, 6.07) is 6.13. The number of alkyl halides is 6. The van der Waals surface area contributed by atoms with E-state index in [1.54, 1.807) is 0 Å². The molecule has 3 aromatic rings. The Hall–Kier alpha value is -4.28. The number of amides is 1. The summed E-state index contributed by atoms with van der Waals surface area (Å²) >= 11 is 0. The summed E-state index contributed by atoms with van der Waals surface area (Å²) in [6.07, 6.45) is -9.01. The minimum absolute atomic E-state index is 0.00354. The summed E-state index contributed by atoms with van der Waals surface area (Å²) < 4.78 is 89.2. The number of carbonyl (C=O) groups excluding carboxylic acids is 1. The van der Waals surface area contributed by atoms with Crippen LogP contribution in [0.5, 0.6) is 11.5 Å². The van der Waals surface area contributed by atoms with E-state index >= 15 is 0 Å². The van der Waals surface area contributed by atoms with Crippen molar-refractivity contribution in [3.8, 4) is 23.3 Å². The van der Waals surface area contributed by atoms with Crippen molar-refractivity contribution >= 4 is 5.91 Å². The first-order valence-electron chi connectivity index (χ1n) is 10.6. The molecule has 1 atom stereocenters. The number of ether oxygens (including phenoxy) is 2. The smallest absolute Gasteiger partial charge is 0.433 e. The summed E-state index contributed by atoms with van der Waals surface area (Å²) in [5, 5.41) is 13.7. The van der Waals surface area contributed by atoms with Crippen LogP contribution in [-0.2, 0) is 19.3 Å². The molecule has 0 aliphatic carbocycles. The van der Waals surface area contributed by atoms with Crippen molar-refractivity contribution in [2.45, 2.75) is 38.5 Å². The van der Waals surface area contributed by atoms with Crippen LogP contribution in [0.3, 0.4) is 0 Å². The van der Waals surface area contributed by atoms with Gasteiger partial charge in [-0.1, -0.05) is 0 Å². The maximum absolute atomic E-state index is 13.4. The fourth-order valence-electron chi connectivity index (χ4n) is 3.70. The molecular weight excluding hydrogens is 508 g/mol. The first-order chi connectivity index (χ1) is 17.3. The molecule has 1 unspecified atom stereocenters. The number of nitrogens with zero attached hydrogens (tertiary/aromatic N) is 5. The molecule has 194 valence electrons. The molecule has 0 saturated heterocycles. The van der Waals surface area contributed by atoms with E-state index in [1.807, 2.05) is 6.07 Å². The number of aromatic nitrogens is 3. The minimum atomic E-state index is -4.71. The molecule has 14 heteroatoms. The van der Waals surface area contributed by atoms with Crippen LogP contribution in [0, 0.1) is 11.3 Å². The monoisotopic (exact) mass is 525 g/mol. The average Bonchev–Trinajstić information content (AvgIpc) is 3.42. The number of nitriles is 1. The zero-order valence-corrected chi connectivity index (χ0v) is 19.2. The Morgan fingerprint density at radius 3 is 2.41 bits per heavy atom. The van der Waals surface area contributed by atoms with Gasteiger partial charge in [0.15, 0.2) is 11.9 Å². The SMILES string of the molecule is COc1c(C#N)ccc(OC(C)C(F)(F)F)c1C(=O)N1Cc2cn(-c3ccc(C(F)(F)F)nc3)nc2C1. The van der Waals surface area contributed by atoms with E-state index in [-0.39, 0.29) is 35.7 Å². The maximum Gasteiger partial charge on any atom is 0.433 e. The van der Waals surface area contributed by atoms with Gasteiger partial charge in [-0.3, -0.25) is 4.79 Å². The van der Waals surface area contributed by atoms with Crippen molar-refractivity contribution < 1.29 is 40.6 Å². The normalized spacial score (nSPS) is 14.2. The first kappa shape index (κ1) is 25.8. The van der Waals surface area contributed by atoms with Crippen LogP contribution >= 0.6 is 0 Å². The van der Waals surface area contributed by atoms with E-state index in [2.05, 4.69) is 10.1 Å². The molecule has 1 aromatic carbocycles. The standard InChI is InChI=1S/C23H17F6N5O3/c1-12(22(24,25)26)37-17-5-3-13(7-30)20(36-2)19(17)21(35)33-9-14-10-34(32-16(14)11-33)15-4-6-18(31-8-15)23(27,28)29/h3-6,8,10,12H,9,11H2,1-2H3. The van der Waals surface area contributed by atoms with Crippen molar-refractivity contribution in [1.82, 2.24) is 19.7 Å². The van der Waals surface area contributed by atoms with Gasteiger partial charge in [-0.25, -0.2) is 9.67 Å². The van der Waals surface area contributed by atoms with Gasteiger partial charge in [-0.15, -0.1) is 0 Å². The number of carbonyl (C=O) groups is 1. The predicted octanol–water partition coefficient (Wildman–Crippen LogP) is 4.65. The van der Waals surface area contributed by atoms with E-state index in [4.69, 9.17) is 9.47 Å². The molecule has 1 aliphatic rings. The molecule has 0 N–H and O–H groups in total. The summed E-state index contributed by atoms with van der Waals surface area (Å²) in [5.41, 5.74) is -0.221. The largest absolute Gasteiger partial charge is 0.494 e. The lowest BCUT2D eigenvalue weighted by Gasteiger charge is -2.23. The van der Waals surface area contributed by atoms with Gasteiger partial charge in [0.1, 0.15) is 23.1 Å². The minimum Gasteiger partial charge on any atom is -0.494 e. The molecule has 37 heavy (non-hydrogen) atoms. The number of hydrogen-bond acceptors (Lipinski definition) is 6. The Balaban J connectivity index is 1.61. The quantitative estimate of drug-likeness (QED) is 0.451. The molecule has 1 amide bonds. The van der Waals surface area contributed by atoms with Crippen LogP contribution in [-0.4, -0.2) is 45.0 Å². The van der Waals surface area contributed by atoms with Gasteiger partial charge in [0, 0.05) is 18.3 Å². The van der Waals surface area contributed by atoms with Gasteiger partial charge in [0.05, 0.1) is 36.8 Å². The van der Waals surface area contributed by atoms with E-state index in [9.17, 15) is 36.4 Å². The van der Waals surface area contributed by atoms with E-state index in [0.717, 1.165) is 25.3 Å². The van der Waals surface area contributed by atoms with E-state index in [1.165, 1.54) is 35.0 Å². The van der Waals surface area contributed by atoms with Crippen molar-refractivity contribution in [3.63, 3.8) is 0 Å². The van der Waals surface area contributed by atoms with Crippen molar-refractivity contribution in [1.29, 1.82) is 5.26 Å². The van der Waals surface area contributed by atoms with Crippen LogP contribution in [0.2, 0.25) is 0 Å². The van der Waals surface area contributed by atoms with Crippen molar-refractivity contribution in [2.24, 2.45) is 0 Å². The van der Waals surface area contributed by atoms with Crippen LogP contribution in [0.25, 0.3) is 5.69 Å². The van der Waals surface area contributed by atoms with Crippen LogP contribution in [0.1, 0.15) is 39.8 Å². The average molecular weight is 525 g/mol. The molecule has 0 bridgehead atoms. The van der Waals surface area contributed by atoms with Gasteiger partial charge in [-0.05, 0) is 31.2 Å². The van der Waals surface area contributed by atoms with Crippen molar-refractivity contribution in [2.75, 3.05) is 7.11 Å². The Labute approximate surface area is 205 Å². The zero-order valence-electron chi connectivity index (χ0n) is 19.2. The molecule has 0 fully saturated rings. The number of pyridine rings is 1. The predicted molar refractivity (Wildman–Crippen MR) is 114 cm³/mol. The van der Waals surface area contributed by atoms with Gasteiger partial charge < -0.3 is 14.4 Å². The fraction of sp³-hybridized carbons (Fsp3) is 0.304. The Bertz CT molecular complexity index is 1350. The number of halogens is 6. The van der Waals surface area contributed by atoms with E-state index < -0.39 is 35.8 Å². The van der Waals surface area contributed by atoms with Gasteiger partial charge in [-0.2, -0.15) is 36.7 Å². The van der Waals surface area contributed by atoms with Gasteiger partial charge in [0.25, 0.3) is 5.91 Å². The Morgan fingerprint density at radius 2 is 1.86 bits per heavy atom. The van der Waals surface area contributed by atoms with Crippen molar-refractivity contribution in [3.05, 3.63) is 64.7 Å². The lowest BCUT2D eigenvalue weighted by Crippen LogP contribution is -2.33. The molecule has 3 heterocycles. The molecular formula is C23H17F6N5O3. The molecule has 0 radical (unpaired) electrons. The third-order valence-electron chi connectivity index (χ3n) is 5.59. The molecule has 0 spiro atoms. The van der Waals surface area contributed by atoms with Crippen LogP contribution in [0.4, 0.5) is 26.3 Å². The number of benzene rings is 1. The Kier molecular flexibility index (Phi) is 6.49. The topological polar surface area (TPSA) is 93.3 Å². The summed E-state index contributed by atoms with van der Waals surface area (Å²) in [7, 11) is 1.17. The summed E-state index contributed by atoms with van der Waals surface area (Å²) in [4.78, 5) is 18.1. The fourth-order valence-corrected chi connectivity index (χ4v) is 3.70. The highest BCUT2D eigenvalue weighted by molar-refractivity contribution is 6.00. The third-order valence-corrected chi connectivity index (χ3v) is 5.59. The molecule has 0 saturated carbocycles. The molecule has 2 aromatic heterocycles. The van der Waals surface area contributed by atoms with Crippen LogP contribution in [0.15, 0.2) is 36.7 Å². The molecule has 4 rings (SSSR count). The summed E-state index contributed by atoms with van der Waals surface area (Å²) in [6.45, 7) is 0.725. The third kappa shape index (κ3) is 5.02. The van der Waals surface area contributed by atoms with Gasteiger partial charge >= 0.3 is 12.4 Å². The number of methoxy groups -OCH3 is 1. The second kappa shape index (κ2) is 9.30. The molecule has 8 nitrogen and oxygen atoms in total. The first-order valence-corrected chi connectivity index (χ1v) is 10.6. The lowest BCUT2D eigenvalue weighted by molar-refractivity contribution is -0.189. The number of hydrogen-bond donors (Lipinski definition) is 0. The number of fused-ring (bicyclic) bond motifs is 1. The summed E-state index contributed by atoms with van der Waals surface area (Å²) in [5.74, 6) is -1.39. The zero-order chi connectivity index (χ0) is 27.1. The van der Waals surface area contributed by atoms with Gasteiger partial charge in [0.2, 0.25) is 0 Å². The second-order valence-corrected chi connectivity index (χ2v) is 8.04. The molecule has 1 aliphatic heterocycles. The highest BCUT2D eigenvalue weighted by Gasteiger charge is 2.40. The highest BCUT2D eigenvalue weighted by Crippen LogP contribution is 2.37. The second-order valence-electron chi connectivity index (χ2n) is 8.04. The highest BCUT2D eigenvalue weighted by atomic mass is 19.4. The van der Waals surface area contributed by atoms with Crippen LogP contribution < -0.4 is 9.47 Å². The Morgan fingerprint density at radius 1 is 1.14 bits per heavy atom.